The summed E-state index contributed by atoms with van der Waals surface area (Å²) in [5.41, 5.74) is 2.05. The fourth-order valence-electron chi connectivity index (χ4n) is 1.76. The van der Waals surface area contributed by atoms with Crippen molar-refractivity contribution in [3.05, 3.63) is 42.5 Å². The van der Waals surface area contributed by atoms with E-state index in [-0.39, 0.29) is 12.4 Å². The Morgan fingerprint density at radius 1 is 1.04 bits per heavy atom. The van der Waals surface area contributed by atoms with Crippen molar-refractivity contribution in [3.8, 4) is 17.2 Å². The molecule has 2 N–H and O–H groups in total. The molecule has 0 amide bonds. The number of rotatable bonds is 2. The van der Waals surface area contributed by atoms with Crippen LogP contribution in [0.25, 0.3) is 16.7 Å². The molecule has 1 heterocycles. The van der Waals surface area contributed by atoms with Crippen LogP contribution in [0.2, 0.25) is 0 Å². The van der Waals surface area contributed by atoms with Crippen molar-refractivity contribution in [1.82, 2.24) is 15.0 Å². The molecule has 6 heteroatoms. The number of hydrogen-bond acceptors (Lipinski definition) is 5. The predicted octanol–water partition coefficient (Wildman–Crippen LogP) is 3.16. The highest BCUT2D eigenvalue weighted by molar-refractivity contribution is 5.73. The van der Waals surface area contributed by atoms with Crippen LogP contribution in [0.1, 0.15) is 20.8 Å². The maximum Gasteiger partial charge on any atom is 0.143 e. The maximum absolute atomic E-state index is 9.85. The second-order valence-electron chi connectivity index (χ2n) is 4.15. The maximum atomic E-state index is 9.85. The van der Waals surface area contributed by atoms with E-state index in [0.717, 1.165) is 11.0 Å². The standard InChI is InChI=1S/C13H11N3O2.C2H6O.C2H6/c1-18-9-6-7-13(17)12(8-9)16-14-10-4-2-3-5-11(10)15-16;1-2-3;1-2/h2-8,17H,1H3;3H,2H2,1H3;1-2H3. The lowest BCUT2D eigenvalue weighted by Gasteiger charge is -2.05. The van der Waals surface area contributed by atoms with Gasteiger partial charge in [-0.15, -0.1) is 15.0 Å². The van der Waals surface area contributed by atoms with Gasteiger partial charge in [-0.05, 0) is 31.2 Å². The van der Waals surface area contributed by atoms with E-state index in [1.165, 1.54) is 4.80 Å². The van der Waals surface area contributed by atoms with Crippen LogP contribution in [-0.2, 0) is 0 Å². The van der Waals surface area contributed by atoms with Crippen LogP contribution in [0, 0.1) is 0 Å². The number of fused-ring (bicyclic) bond motifs is 1. The number of aromatic hydroxyl groups is 1. The van der Waals surface area contributed by atoms with Gasteiger partial charge >= 0.3 is 0 Å². The number of aromatic nitrogens is 3. The summed E-state index contributed by atoms with van der Waals surface area (Å²) in [4.78, 5) is 1.41. The minimum absolute atomic E-state index is 0.108. The summed E-state index contributed by atoms with van der Waals surface area (Å²) in [7, 11) is 1.57. The molecule has 1 aromatic heterocycles. The molecule has 0 radical (unpaired) electrons. The number of ether oxygens (including phenoxy) is 1. The molecular weight excluding hydrogens is 294 g/mol. The monoisotopic (exact) mass is 317 g/mol. The smallest absolute Gasteiger partial charge is 0.143 e. The van der Waals surface area contributed by atoms with Gasteiger partial charge in [0.05, 0.1) is 7.11 Å². The minimum atomic E-state index is 0.108. The zero-order valence-electron chi connectivity index (χ0n) is 13.9. The van der Waals surface area contributed by atoms with Crippen LogP contribution in [0.15, 0.2) is 42.5 Å². The SMILES string of the molecule is CC.CCO.COc1ccc(O)c(-n2nc3ccccc3n2)c1. The number of aliphatic hydroxyl groups is 1. The Kier molecular flexibility index (Phi) is 7.56. The third kappa shape index (κ3) is 4.69. The van der Waals surface area contributed by atoms with Crippen molar-refractivity contribution >= 4 is 11.0 Å². The van der Waals surface area contributed by atoms with Gasteiger partial charge in [0, 0.05) is 12.7 Å². The molecule has 0 aliphatic heterocycles. The van der Waals surface area contributed by atoms with Crippen molar-refractivity contribution in [2.75, 3.05) is 13.7 Å². The molecule has 0 saturated carbocycles. The van der Waals surface area contributed by atoms with Gasteiger partial charge in [-0.1, -0.05) is 26.0 Å². The molecule has 2 aromatic carbocycles. The van der Waals surface area contributed by atoms with Gasteiger partial charge in [-0.25, -0.2) is 0 Å². The normalized spacial score (nSPS) is 9.43. The van der Waals surface area contributed by atoms with Gasteiger partial charge in [0.15, 0.2) is 0 Å². The van der Waals surface area contributed by atoms with Gasteiger partial charge in [0.1, 0.15) is 28.2 Å². The predicted molar refractivity (Wildman–Crippen MR) is 91.2 cm³/mol. The number of phenols is 1. The Balaban J connectivity index is 0.000000477. The fraction of sp³-hybridized carbons (Fsp3) is 0.294. The highest BCUT2D eigenvalue weighted by Gasteiger charge is 2.09. The first-order chi connectivity index (χ1) is 11.2. The molecular formula is C17H23N3O3. The zero-order valence-corrected chi connectivity index (χ0v) is 13.9. The average Bonchev–Trinajstić information content (AvgIpc) is 3.01. The van der Waals surface area contributed by atoms with Crippen molar-refractivity contribution in [3.63, 3.8) is 0 Å². The lowest BCUT2D eigenvalue weighted by Crippen LogP contribution is -1.99. The van der Waals surface area contributed by atoms with E-state index >= 15 is 0 Å². The number of benzene rings is 2. The van der Waals surface area contributed by atoms with Gasteiger partial charge < -0.3 is 14.9 Å². The van der Waals surface area contributed by atoms with Crippen LogP contribution < -0.4 is 4.74 Å². The molecule has 0 saturated heterocycles. The van der Waals surface area contributed by atoms with Crippen LogP contribution in [0.3, 0.4) is 0 Å². The van der Waals surface area contributed by atoms with E-state index in [2.05, 4.69) is 10.2 Å². The molecule has 0 aliphatic carbocycles. The summed E-state index contributed by atoms with van der Waals surface area (Å²) in [5.74, 6) is 0.750. The summed E-state index contributed by atoms with van der Waals surface area (Å²) >= 11 is 0. The van der Waals surface area contributed by atoms with E-state index in [0.29, 0.717) is 11.4 Å². The Labute approximate surface area is 136 Å². The van der Waals surface area contributed by atoms with Crippen molar-refractivity contribution < 1.29 is 14.9 Å². The number of hydrogen-bond donors (Lipinski definition) is 2. The Bertz CT molecular complexity index is 693. The summed E-state index contributed by atoms with van der Waals surface area (Å²) in [5, 5.41) is 26.0. The topological polar surface area (TPSA) is 80.4 Å². The van der Waals surface area contributed by atoms with Crippen LogP contribution in [0.5, 0.6) is 11.5 Å². The second-order valence-corrected chi connectivity index (χ2v) is 4.15. The fourth-order valence-corrected chi connectivity index (χ4v) is 1.76. The van der Waals surface area contributed by atoms with Gasteiger partial charge in [-0.2, -0.15) is 0 Å². The highest BCUT2D eigenvalue weighted by Crippen LogP contribution is 2.26. The van der Waals surface area contributed by atoms with E-state index < -0.39 is 0 Å². The zero-order chi connectivity index (χ0) is 17.2. The van der Waals surface area contributed by atoms with E-state index in [9.17, 15) is 5.11 Å². The molecule has 3 rings (SSSR count). The van der Waals surface area contributed by atoms with Crippen LogP contribution >= 0.6 is 0 Å². The van der Waals surface area contributed by atoms with Crippen molar-refractivity contribution in [2.24, 2.45) is 0 Å². The number of nitrogens with zero attached hydrogens (tertiary/aromatic N) is 3. The van der Waals surface area contributed by atoms with Crippen LogP contribution in [0.4, 0.5) is 0 Å². The van der Waals surface area contributed by atoms with Gasteiger partial charge in [-0.3, -0.25) is 0 Å². The van der Waals surface area contributed by atoms with Crippen molar-refractivity contribution in [1.29, 1.82) is 0 Å². The van der Waals surface area contributed by atoms with Gasteiger partial charge in [0.25, 0.3) is 0 Å². The lowest BCUT2D eigenvalue weighted by atomic mass is 10.3. The summed E-state index contributed by atoms with van der Waals surface area (Å²) < 4.78 is 5.13. The largest absolute Gasteiger partial charge is 0.506 e. The average molecular weight is 317 g/mol. The third-order valence-corrected chi connectivity index (χ3v) is 2.68. The summed E-state index contributed by atoms with van der Waals surface area (Å²) in [6.45, 7) is 5.93. The Morgan fingerprint density at radius 2 is 1.57 bits per heavy atom. The highest BCUT2D eigenvalue weighted by atomic mass is 16.5. The lowest BCUT2D eigenvalue weighted by molar-refractivity contribution is 0.318. The first-order valence-corrected chi connectivity index (χ1v) is 7.50. The quantitative estimate of drug-likeness (QED) is 0.759. The first kappa shape index (κ1) is 18.4. The van der Waals surface area contributed by atoms with E-state index in [1.54, 1.807) is 32.2 Å². The molecule has 0 fully saturated rings. The molecule has 3 aromatic rings. The molecule has 0 aliphatic rings. The minimum Gasteiger partial charge on any atom is -0.506 e. The molecule has 23 heavy (non-hydrogen) atoms. The molecule has 0 bridgehead atoms. The number of methoxy groups -OCH3 is 1. The molecule has 124 valence electrons. The molecule has 0 unspecified atom stereocenters. The Morgan fingerprint density at radius 3 is 2.04 bits per heavy atom. The van der Waals surface area contributed by atoms with E-state index in [4.69, 9.17) is 9.84 Å². The van der Waals surface area contributed by atoms with E-state index in [1.807, 2.05) is 38.1 Å². The third-order valence-electron chi connectivity index (χ3n) is 2.68. The Hall–Kier alpha value is -2.60. The van der Waals surface area contributed by atoms with Crippen LogP contribution in [-0.4, -0.2) is 38.9 Å². The van der Waals surface area contributed by atoms with Gasteiger partial charge in [0.2, 0.25) is 0 Å². The second kappa shape index (κ2) is 9.42. The summed E-state index contributed by atoms with van der Waals surface area (Å²) in [6.07, 6.45) is 0. The summed E-state index contributed by atoms with van der Waals surface area (Å²) in [6, 6.07) is 12.5. The van der Waals surface area contributed by atoms with Crippen molar-refractivity contribution in [2.45, 2.75) is 20.8 Å². The first-order valence-electron chi connectivity index (χ1n) is 7.50. The molecule has 0 spiro atoms. The molecule has 0 atom stereocenters. The molecule has 6 nitrogen and oxygen atoms in total. The number of aliphatic hydroxyl groups excluding tert-OH is 1. The number of phenolic OH excluding ortho intramolecular Hbond substituents is 1.